The summed E-state index contributed by atoms with van der Waals surface area (Å²) in [6.45, 7) is 1.85. The predicted molar refractivity (Wildman–Crippen MR) is 64.4 cm³/mol. The first-order valence-electron chi connectivity index (χ1n) is 5.21. The van der Waals surface area contributed by atoms with Gasteiger partial charge in [-0.25, -0.2) is 10.8 Å². The summed E-state index contributed by atoms with van der Waals surface area (Å²) in [5, 5.41) is 0.0378. The third-order valence-electron chi connectivity index (χ3n) is 1.92. The van der Waals surface area contributed by atoms with E-state index in [-0.39, 0.29) is 23.2 Å². The molecule has 3 N–H and O–H groups in total. The summed E-state index contributed by atoms with van der Waals surface area (Å²) in [4.78, 5) is 14.9. The highest BCUT2D eigenvalue weighted by Crippen LogP contribution is 2.32. The molecule has 0 fully saturated rings. The molecule has 19 heavy (non-hydrogen) atoms. The highest BCUT2D eigenvalue weighted by atomic mass is 32.2. The summed E-state index contributed by atoms with van der Waals surface area (Å²) in [5.41, 5.74) is 1.16. The summed E-state index contributed by atoms with van der Waals surface area (Å²) >= 11 is 0.847. The Morgan fingerprint density at radius 1 is 1.53 bits per heavy atom. The number of nitrogens with zero attached hydrogens (tertiary/aromatic N) is 1. The van der Waals surface area contributed by atoms with Crippen LogP contribution < -0.4 is 11.3 Å². The van der Waals surface area contributed by atoms with Crippen molar-refractivity contribution in [1.29, 1.82) is 0 Å². The number of esters is 1. The fourth-order valence-electron chi connectivity index (χ4n) is 1.15. The zero-order valence-electron chi connectivity index (χ0n) is 9.95. The fourth-order valence-corrected chi connectivity index (χ4v) is 1.87. The van der Waals surface area contributed by atoms with Gasteiger partial charge >= 0.3 is 12.1 Å². The van der Waals surface area contributed by atoms with Gasteiger partial charge in [-0.1, -0.05) is 11.8 Å². The molecule has 106 valence electrons. The number of hydrazine groups is 1. The van der Waals surface area contributed by atoms with Gasteiger partial charge in [0.05, 0.1) is 22.9 Å². The number of nitrogen functional groups attached to an aromatic ring is 1. The zero-order chi connectivity index (χ0) is 14.5. The van der Waals surface area contributed by atoms with Gasteiger partial charge < -0.3 is 10.2 Å². The number of aromatic nitrogens is 1. The van der Waals surface area contributed by atoms with E-state index in [1.165, 1.54) is 0 Å². The molecule has 0 aromatic carbocycles. The maximum atomic E-state index is 12.6. The Morgan fingerprint density at radius 2 is 2.21 bits per heavy atom. The van der Waals surface area contributed by atoms with Crippen LogP contribution >= 0.6 is 11.8 Å². The minimum absolute atomic E-state index is 0.0378. The molecule has 0 radical (unpaired) electrons. The van der Waals surface area contributed by atoms with Gasteiger partial charge in [-0.05, 0) is 19.1 Å². The van der Waals surface area contributed by atoms with Gasteiger partial charge in [0.1, 0.15) is 5.82 Å². The molecule has 0 saturated heterocycles. The van der Waals surface area contributed by atoms with Crippen LogP contribution in [-0.2, 0) is 15.7 Å². The molecular formula is C10H12F3N3O2S. The monoisotopic (exact) mass is 295 g/mol. The molecule has 0 saturated carbocycles. The largest absolute Gasteiger partial charge is 0.465 e. The quantitative estimate of drug-likeness (QED) is 0.375. The molecule has 1 aromatic heterocycles. The molecule has 0 unspecified atom stereocenters. The van der Waals surface area contributed by atoms with Crippen LogP contribution in [0.25, 0.3) is 0 Å². The van der Waals surface area contributed by atoms with Crippen molar-refractivity contribution >= 4 is 23.5 Å². The SMILES string of the molecule is CCOC(=O)CSc1cc(C(F)(F)F)cc(NN)n1. The second-order valence-electron chi connectivity index (χ2n) is 3.32. The molecule has 0 aliphatic carbocycles. The summed E-state index contributed by atoms with van der Waals surface area (Å²) < 4.78 is 42.5. The van der Waals surface area contributed by atoms with E-state index in [1.54, 1.807) is 6.92 Å². The minimum atomic E-state index is -4.51. The second kappa shape index (κ2) is 6.62. The number of hydrogen-bond acceptors (Lipinski definition) is 6. The highest BCUT2D eigenvalue weighted by Gasteiger charge is 2.31. The average molecular weight is 295 g/mol. The molecule has 0 amide bonds. The number of alkyl halides is 3. The molecule has 0 atom stereocenters. The average Bonchev–Trinajstić information content (AvgIpc) is 2.35. The molecule has 0 aliphatic heterocycles. The predicted octanol–water partition coefficient (Wildman–Crippen LogP) is 2.04. The van der Waals surface area contributed by atoms with Crippen LogP contribution in [0.3, 0.4) is 0 Å². The molecule has 0 aliphatic rings. The number of anilines is 1. The van der Waals surface area contributed by atoms with E-state index in [9.17, 15) is 18.0 Å². The van der Waals surface area contributed by atoms with Crippen LogP contribution in [0.4, 0.5) is 19.0 Å². The van der Waals surface area contributed by atoms with E-state index in [4.69, 9.17) is 5.84 Å². The molecule has 5 nitrogen and oxygen atoms in total. The maximum Gasteiger partial charge on any atom is 0.416 e. The van der Waals surface area contributed by atoms with Crippen LogP contribution in [0, 0.1) is 0 Å². The molecule has 1 rings (SSSR count). The van der Waals surface area contributed by atoms with Crippen molar-refractivity contribution in [1.82, 2.24) is 4.98 Å². The fraction of sp³-hybridized carbons (Fsp3) is 0.400. The van der Waals surface area contributed by atoms with E-state index in [2.05, 4.69) is 15.1 Å². The first-order valence-corrected chi connectivity index (χ1v) is 6.19. The molecule has 1 aromatic rings. The maximum absolute atomic E-state index is 12.6. The molecule has 0 bridgehead atoms. The lowest BCUT2D eigenvalue weighted by molar-refractivity contribution is -0.140. The van der Waals surface area contributed by atoms with E-state index >= 15 is 0 Å². The van der Waals surface area contributed by atoms with Crippen LogP contribution in [0.2, 0.25) is 0 Å². The van der Waals surface area contributed by atoms with E-state index in [0.29, 0.717) is 0 Å². The number of rotatable bonds is 5. The van der Waals surface area contributed by atoms with Crippen LogP contribution in [0.15, 0.2) is 17.2 Å². The Labute approximate surface area is 111 Å². The Kier molecular flexibility index (Phi) is 5.43. The van der Waals surface area contributed by atoms with Crippen LogP contribution in [0.5, 0.6) is 0 Å². The molecular weight excluding hydrogens is 283 g/mol. The van der Waals surface area contributed by atoms with Gasteiger partial charge in [0.2, 0.25) is 0 Å². The zero-order valence-corrected chi connectivity index (χ0v) is 10.8. The van der Waals surface area contributed by atoms with Crippen molar-refractivity contribution < 1.29 is 22.7 Å². The summed E-state index contributed by atoms with van der Waals surface area (Å²) in [5.74, 6) is 4.29. The normalized spacial score (nSPS) is 11.2. The third-order valence-corrected chi connectivity index (χ3v) is 2.81. The Hall–Kier alpha value is -1.48. The number of ether oxygens (including phenoxy) is 1. The topological polar surface area (TPSA) is 77.2 Å². The Bertz CT molecular complexity index is 454. The van der Waals surface area contributed by atoms with Crippen molar-refractivity contribution in [3.63, 3.8) is 0 Å². The first-order chi connectivity index (χ1) is 8.86. The number of halogens is 3. The van der Waals surface area contributed by atoms with Gasteiger partial charge in [0.15, 0.2) is 0 Å². The van der Waals surface area contributed by atoms with E-state index in [0.717, 1.165) is 23.9 Å². The summed E-state index contributed by atoms with van der Waals surface area (Å²) in [6.07, 6.45) is -4.51. The van der Waals surface area contributed by atoms with Crippen molar-refractivity contribution in [2.75, 3.05) is 17.8 Å². The Morgan fingerprint density at radius 3 is 2.74 bits per heavy atom. The van der Waals surface area contributed by atoms with Crippen molar-refractivity contribution in [3.8, 4) is 0 Å². The van der Waals surface area contributed by atoms with Crippen molar-refractivity contribution in [3.05, 3.63) is 17.7 Å². The lowest BCUT2D eigenvalue weighted by Gasteiger charge is -2.10. The second-order valence-corrected chi connectivity index (χ2v) is 4.31. The lowest BCUT2D eigenvalue weighted by Crippen LogP contribution is -2.13. The standard InChI is InChI=1S/C10H12F3N3O2S/c1-2-18-9(17)5-19-8-4-6(10(11,12)13)3-7(15-8)16-14/h3-4H,2,5,14H2,1H3,(H,15,16). The number of nitrogens with one attached hydrogen (secondary N) is 1. The van der Waals surface area contributed by atoms with Gasteiger partial charge in [-0.15, -0.1) is 0 Å². The lowest BCUT2D eigenvalue weighted by atomic mass is 10.2. The summed E-state index contributed by atoms with van der Waals surface area (Å²) in [7, 11) is 0. The number of carbonyl (C=O) groups is 1. The number of thioether (sulfide) groups is 1. The third kappa shape index (κ3) is 4.95. The number of nitrogens with two attached hydrogens (primary N) is 1. The van der Waals surface area contributed by atoms with Gasteiger partial charge in [-0.2, -0.15) is 13.2 Å². The molecule has 0 spiro atoms. The first kappa shape index (κ1) is 15.6. The van der Waals surface area contributed by atoms with Crippen LogP contribution in [0.1, 0.15) is 12.5 Å². The van der Waals surface area contributed by atoms with Crippen molar-refractivity contribution in [2.24, 2.45) is 5.84 Å². The molecule has 1 heterocycles. The molecule has 9 heteroatoms. The number of carbonyl (C=O) groups excluding carboxylic acids is 1. The van der Waals surface area contributed by atoms with Crippen LogP contribution in [-0.4, -0.2) is 23.3 Å². The number of pyridine rings is 1. The highest BCUT2D eigenvalue weighted by molar-refractivity contribution is 7.99. The smallest absolute Gasteiger partial charge is 0.416 e. The minimum Gasteiger partial charge on any atom is -0.465 e. The van der Waals surface area contributed by atoms with Crippen molar-refractivity contribution in [2.45, 2.75) is 18.1 Å². The summed E-state index contributed by atoms with van der Waals surface area (Å²) in [6, 6.07) is 1.64. The van der Waals surface area contributed by atoms with Gasteiger partial charge in [-0.3, -0.25) is 4.79 Å². The Balaban J connectivity index is 2.86. The van der Waals surface area contributed by atoms with E-state index < -0.39 is 17.7 Å². The van der Waals surface area contributed by atoms with Gasteiger partial charge in [0, 0.05) is 0 Å². The number of hydrogen-bond donors (Lipinski definition) is 2. The van der Waals surface area contributed by atoms with Gasteiger partial charge in [0.25, 0.3) is 0 Å². The van der Waals surface area contributed by atoms with E-state index in [1.807, 2.05) is 0 Å².